The van der Waals surface area contributed by atoms with Crippen LogP contribution in [0.1, 0.15) is 19.8 Å². The van der Waals surface area contributed by atoms with E-state index in [4.69, 9.17) is 5.73 Å². The lowest BCUT2D eigenvalue weighted by Crippen LogP contribution is -2.54. The largest absolute Gasteiger partial charge is 0.346 e. The number of nitrogens with one attached hydrogen (secondary N) is 1. The Morgan fingerprint density at radius 1 is 1.40 bits per heavy atom. The van der Waals surface area contributed by atoms with Crippen molar-refractivity contribution in [1.29, 1.82) is 0 Å². The summed E-state index contributed by atoms with van der Waals surface area (Å²) in [7, 11) is 0. The molecule has 25 heavy (non-hydrogen) atoms. The van der Waals surface area contributed by atoms with Crippen LogP contribution >= 0.6 is 11.8 Å². The number of thioether (sulfide) groups is 1. The van der Waals surface area contributed by atoms with Crippen LogP contribution in [0, 0.1) is 0 Å². The minimum absolute atomic E-state index is 0.0745. The Balaban J connectivity index is 1.60. The third-order valence-corrected chi connectivity index (χ3v) is 5.67. The van der Waals surface area contributed by atoms with Crippen molar-refractivity contribution in [2.75, 3.05) is 30.3 Å². The van der Waals surface area contributed by atoms with Crippen molar-refractivity contribution in [1.82, 2.24) is 19.9 Å². The third kappa shape index (κ3) is 3.23. The van der Waals surface area contributed by atoms with Crippen LogP contribution in [0.2, 0.25) is 0 Å². The van der Waals surface area contributed by atoms with Crippen molar-refractivity contribution in [3.8, 4) is 0 Å². The molecule has 2 aliphatic rings. The summed E-state index contributed by atoms with van der Waals surface area (Å²) in [5, 5.41) is 0.963. The fraction of sp³-hybridized carbons (Fsp3) is 0.471. The minimum atomic E-state index is -0.294. The summed E-state index contributed by atoms with van der Waals surface area (Å²) in [6.07, 6.45) is 7.24. The van der Waals surface area contributed by atoms with Gasteiger partial charge in [0.2, 0.25) is 0 Å². The van der Waals surface area contributed by atoms with E-state index in [1.165, 1.54) is 0 Å². The van der Waals surface area contributed by atoms with Gasteiger partial charge in [-0.3, -0.25) is 4.79 Å². The van der Waals surface area contributed by atoms with Crippen molar-refractivity contribution in [3.05, 3.63) is 29.7 Å². The number of carbonyl (C=O) groups excluding carboxylic acids is 1. The zero-order chi connectivity index (χ0) is 17.4. The lowest BCUT2D eigenvalue weighted by atomic mass is 9.92. The number of amides is 1. The summed E-state index contributed by atoms with van der Waals surface area (Å²) in [5.74, 6) is 1.76. The maximum Gasteiger partial charge on any atom is 0.261 e. The van der Waals surface area contributed by atoms with Crippen LogP contribution in [0.3, 0.4) is 0 Å². The van der Waals surface area contributed by atoms with E-state index in [0.29, 0.717) is 6.54 Å². The van der Waals surface area contributed by atoms with Gasteiger partial charge in [0.25, 0.3) is 5.91 Å². The molecule has 0 bridgehead atoms. The summed E-state index contributed by atoms with van der Waals surface area (Å²) < 4.78 is 0. The van der Waals surface area contributed by atoms with Crippen molar-refractivity contribution in [3.63, 3.8) is 0 Å². The highest BCUT2D eigenvalue weighted by molar-refractivity contribution is 8.04. The number of aromatic amines is 1. The van der Waals surface area contributed by atoms with Crippen molar-refractivity contribution >= 4 is 34.5 Å². The van der Waals surface area contributed by atoms with Gasteiger partial charge in [-0.2, -0.15) is 0 Å². The van der Waals surface area contributed by atoms with Gasteiger partial charge in [-0.15, -0.1) is 11.8 Å². The third-order valence-electron chi connectivity index (χ3n) is 4.69. The first-order chi connectivity index (χ1) is 12.0. The molecule has 7 nitrogen and oxygen atoms in total. The lowest BCUT2D eigenvalue weighted by molar-refractivity contribution is -0.128. The maximum atomic E-state index is 12.9. The molecule has 2 aromatic heterocycles. The van der Waals surface area contributed by atoms with Crippen LogP contribution in [0.4, 0.5) is 5.82 Å². The quantitative estimate of drug-likeness (QED) is 0.849. The Morgan fingerprint density at radius 2 is 2.28 bits per heavy atom. The highest BCUT2D eigenvalue weighted by Gasteiger charge is 2.32. The number of H-pyrrole nitrogens is 1. The van der Waals surface area contributed by atoms with E-state index in [2.05, 4.69) is 15.0 Å². The number of nitrogens with zero attached hydrogens (tertiary/aromatic N) is 4. The van der Waals surface area contributed by atoms with Gasteiger partial charge >= 0.3 is 0 Å². The average Bonchev–Trinajstić information content (AvgIpc) is 3.09. The Labute approximate surface area is 150 Å². The number of aromatic nitrogens is 3. The number of carbonyl (C=O) groups is 1. The first-order valence-corrected chi connectivity index (χ1v) is 9.50. The van der Waals surface area contributed by atoms with Gasteiger partial charge in [0.15, 0.2) is 0 Å². The maximum absolute atomic E-state index is 12.9. The predicted molar refractivity (Wildman–Crippen MR) is 100 cm³/mol. The zero-order valence-electron chi connectivity index (χ0n) is 14.2. The van der Waals surface area contributed by atoms with E-state index >= 15 is 0 Å². The molecule has 1 saturated heterocycles. The number of rotatable bonds is 2. The highest BCUT2D eigenvalue weighted by atomic mass is 32.2. The number of hydrogen-bond donors (Lipinski definition) is 2. The molecule has 0 saturated carbocycles. The van der Waals surface area contributed by atoms with Crippen LogP contribution in [-0.4, -0.2) is 56.7 Å². The second kappa shape index (κ2) is 6.34. The summed E-state index contributed by atoms with van der Waals surface area (Å²) in [5.41, 5.74) is 6.76. The number of piperidine rings is 1. The molecule has 2 aromatic rings. The summed E-state index contributed by atoms with van der Waals surface area (Å²) in [6, 6.07) is 1.96. The molecule has 4 heterocycles. The lowest BCUT2D eigenvalue weighted by Gasteiger charge is -2.38. The first-order valence-electron chi connectivity index (χ1n) is 8.51. The standard InChI is InChI=1S/C17H22N6OS/c1-17(18)4-2-6-23(10-17)16(24)13-9-22(7-8-25-13)15-12-3-5-19-14(12)20-11-21-15/h3,5,9,11H,2,4,6-8,10,18H2,1H3,(H,19,20,21)/t17-/m0/s1. The Bertz CT molecular complexity index is 829. The number of likely N-dealkylation sites (tertiary alicyclic amines) is 1. The van der Waals surface area contributed by atoms with Crippen molar-refractivity contribution in [2.24, 2.45) is 5.73 Å². The van der Waals surface area contributed by atoms with Gasteiger partial charge < -0.3 is 20.5 Å². The fourth-order valence-electron chi connectivity index (χ4n) is 3.47. The van der Waals surface area contributed by atoms with Gasteiger partial charge in [-0.25, -0.2) is 9.97 Å². The molecule has 4 rings (SSSR count). The van der Waals surface area contributed by atoms with Gasteiger partial charge in [0.1, 0.15) is 17.8 Å². The molecule has 1 atom stereocenters. The molecular weight excluding hydrogens is 336 g/mol. The Kier molecular flexibility index (Phi) is 4.16. The number of anilines is 1. The summed E-state index contributed by atoms with van der Waals surface area (Å²) in [4.78, 5) is 29.4. The van der Waals surface area contributed by atoms with Crippen LogP contribution in [0.25, 0.3) is 11.0 Å². The molecule has 3 N–H and O–H groups in total. The number of fused-ring (bicyclic) bond motifs is 1. The molecule has 0 radical (unpaired) electrons. The summed E-state index contributed by atoms with van der Waals surface area (Å²) in [6.45, 7) is 4.22. The SMILES string of the molecule is C[C@]1(N)CCCN(C(=O)C2=CN(c3ncnc4[nH]ccc34)CCS2)C1. The van der Waals surface area contributed by atoms with E-state index in [9.17, 15) is 4.79 Å². The van der Waals surface area contributed by atoms with Crippen LogP contribution in [0.5, 0.6) is 0 Å². The second-order valence-corrected chi connectivity index (χ2v) is 8.09. The highest BCUT2D eigenvalue weighted by Crippen LogP contribution is 2.31. The zero-order valence-corrected chi connectivity index (χ0v) is 15.1. The van der Waals surface area contributed by atoms with E-state index in [1.54, 1.807) is 18.1 Å². The van der Waals surface area contributed by atoms with E-state index < -0.39 is 0 Å². The number of nitrogens with two attached hydrogens (primary N) is 1. The molecule has 2 aliphatic heterocycles. The van der Waals surface area contributed by atoms with Crippen molar-refractivity contribution < 1.29 is 4.79 Å². The topological polar surface area (TPSA) is 91.1 Å². The average molecular weight is 358 g/mol. The Hall–Kier alpha value is -2.06. The van der Waals surface area contributed by atoms with E-state index in [0.717, 1.165) is 53.4 Å². The second-order valence-electron chi connectivity index (χ2n) is 6.96. The molecule has 8 heteroatoms. The van der Waals surface area contributed by atoms with Crippen molar-refractivity contribution in [2.45, 2.75) is 25.3 Å². The Morgan fingerprint density at radius 3 is 3.12 bits per heavy atom. The molecule has 1 fully saturated rings. The molecular formula is C17H22N6OS. The molecule has 0 spiro atoms. The van der Waals surface area contributed by atoms with Crippen LogP contribution in [0.15, 0.2) is 29.7 Å². The normalized spacial score (nSPS) is 24.5. The van der Waals surface area contributed by atoms with Crippen LogP contribution in [-0.2, 0) is 4.79 Å². The van der Waals surface area contributed by atoms with Gasteiger partial charge in [0, 0.05) is 43.3 Å². The van der Waals surface area contributed by atoms with E-state index in [-0.39, 0.29) is 11.4 Å². The first kappa shape index (κ1) is 16.4. The predicted octanol–water partition coefficient (Wildman–Crippen LogP) is 1.69. The number of hydrogen-bond acceptors (Lipinski definition) is 6. The fourth-order valence-corrected chi connectivity index (χ4v) is 4.43. The molecule has 0 unspecified atom stereocenters. The molecule has 1 amide bonds. The minimum Gasteiger partial charge on any atom is -0.346 e. The molecule has 0 aliphatic carbocycles. The molecule has 0 aromatic carbocycles. The van der Waals surface area contributed by atoms with Gasteiger partial charge in [-0.1, -0.05) is 0 Å². The summed E-state index contributed by atoms with van der Waals surface area (Å²) >= 11 is 1.61. The van der Waals surface area contributed by atoms with E-state index in [1.807, 2.05) is 35.2 Å². The molecule has 132 valence electrons. The van der Waals surface area contributed by atoms with Crippen LogP contribution < -0.4 is 10.6 Å². The monoisotopic (exact) mass is 358 g/mol. The smallest absolute Gasteiger partial charge is 0.261 e. The van der Waals surface area contributed by atoms with Gasteiger partial charge in [0.05, 0.1) is 10.3 Å². The van der Waals surface area contributed by atoms with Gasteiger partial charge in [-0.05, 0) is 25.8 Å².